The van der Waals surface area contributed by atoms with Crippen molar-refractivity contribution < 1.29 is 13.3 Å². The molecule has 0 aromatic heterocycles. The molecule has 0 saturated carbocycles. The molecule has 0 radical (unpaired) electrons. The molecular formula is C5H8FIO2S. The maximum absolute atomic E-state index is 12.8. The number of alkyl halides is 1. The van der Waals surface area contributed by atoms with Gasteiger partial charge in [-0.25, -0.2) is 4.39 Å². The third-order valence-electron chi connectivity index (χ3n) is 1.39. The first-order valence-electron chi connectivity index (χ1n) is 3.00. The fourth-order valence-electron chi connectivity index (χ4n) is 0.839. The molecule has 1 rings (SSSR count). The summed E-state index contributed by atoms with van der Waals surface area (Å²) in [5, 5.41) is 0. The molecule has 60 valence electrons. The van der Waals surface area contributed by atoms with E-state index >= 15 is 0 Å². The summed E-state index contributed by atoms with van der Waals surface area (Å²) in [5.74, 6) is 0. The van der Waals surface area contributed by atoms with Gasteiger partial charge in [-0.15, -0.1) is 0 Å². The summed E-state index contributed by atoms with van der Waals surface area (Å²) >= 11 is 1.99. The lowest BCUT2D eigenvalue weighted by atomic mass is 10.1. The summed E-state index contributed by atoms with van der Waals surface area (Å²) in [6.07, 6.45) is -0.552. The first-order chi connectivity index (χ1) is 4.84. The van der Waals surface area contributed by atoms with Gasteiger partial charge in [0.25, 0.3) is 0 Å². The highest BCUT2D eigenvalue weighted by Crippen LogP contribution is 2.23. The maximum Gasteiger partial charge on any atom is 0.151 e. The summed E-state index contributed by atoms with van der Waals surface area (Å²) in [7, 11) is 1.19. The van der Waals surface area contributed by atoms with E-state index in [9.17, 15) is 4.39 Å². The minimum Gasteiger partial charge on any atom is -0.378 e. The second-order valence-corrected chi connectivity index (χ2v) is 3.47. The highest BCUT2D eigenvalue weighted by atomic mass is 127. The van der Waals surface area contributed by atoms with Gasteiger partial charge in [0.2, 0.25) is 0 Å². The van der Waals surface area contributed by atoms with Gasteiger partial charge in [-0.2, -0.15) is 0 Å². The minimum absolute atomic E-state index is 0.182. The summed E-state index contributed by atoms with van der Waals surface area (Å²) in [6.45, 7) is 0.796. The van der Waals surface area contributed by atoms with Gasteiger partial charge >= 0.3 is 0 Å². The number of hydrogen-bond donors (Lipinski definition) is 0. The predicted molar refractivity (Wildman–Crippen MR) is 46.8 cm³/mol. The molecule has 0 spiro atoms. The quantitative estimate of drug-likeness (QED) is 0.569. The Morgan fingerprint density at radius 2 is 2.50 bits per heavy atom. The van der Waals surface area contributed by atoms with Crippen molar-refractivity contribution in [3.05, 3.63) is 0 Å². The zero-order valence-corrected chi connectivity index (χ0v) is 8.23. The first-order valence-corrected chi connectivity index (χ1v) is 6.29. The molecule has 1 aliphatic heterocycles. The number of halogens is 2. The van der Waals surface area contributed by atoms with Crippen LogP contribution >= 0.6 is 30.4 Å². The Kier molecular flexibility index (Phi) is 4.27. The van der Waals surface area contributed by atoms with E-state index in [4.69, 9.17) is 8.92 Å². The lowest BCUT2D eigenvalue weighted by Crippen LogP contribution is -2.33. The van der Waals surface area contributed by atoms with Crippen molar-refractivity contribution in [1.29, 1.82) is 0 Å². The Morgan fingerprint density at radius 3 is 3.10 bits per heavy atom. The van der Waals surface area contributed by atoms with Crippen LogP contribution in [0.4, 0.5) is 4.39 Å². The van der Waals surface area contributed by atoms with Crippen LogP contribution in [-0.4, -0.2) is 25.5 Å². The van der Waals surface area contributed by atoms with E-state index in [-0.39, 0.29) is 12.7 Å². The first kappa shape index (κ1) is 9.02. The molecule has 1 saturated heterocycles. The minimum atomic E-state index is -0.948. The summed E-state index contributed by atoms with van der Waals surface area (Å²) in [4.78, 5) is 0. The van der Waals surface area contributed by atoms with E-state index < -0.39 is 6.17 Å². The molecule has 10 heavy (non-hydrogen) atoms. The zero-order valence-electron chi connectivity index (χ0n) is 5.26. The molecule has 1 fully saturated rings. The molecular weight excluding hydrogens is 270 g/mol. The van der Waals surface area contributed by atoms with Gasteiger partial charge in [-0.1, -0.05) is 0 Å². The summed E-state index contributed by atoms with van der Waals surface area (Å²) < 4.78 is 22.7. The van der Waals surface area contributed by atoms with Crippen LogP contribution in [0.2, 0.25) is 0 Å². The Hall–Kier alpha value is 0.930. The largest absolute Gasteiger partial charge is 0.378 e. The molecule has 2 atom stereocenters. The third-order valence-corrected chi connectivity index (χ3v) is 2.33. The number of hydrogen-bond acceptors (Lipinski definition) is 3. The van der Waals surface area contributed by atoms with Gasteiger partial charge in [0.15, 0.2) is 6.17 Å². The molecule has 0 aromatic rings. The average Bonchev–Trinajstić information content (AvgIpc) is 1.94. The van der Waals surface area contributed by atoms with Crippen LogP contribution in [0.3, 0.4) is 0 Å². The van der Waals surface area contributed by atoms with Gasteiger partial charge in [0, 0.05) is 34.2 Å². The van der Waals surface area contributed by atoms with E-state index in [1.165, 1.54) is 9.21 Å². The van der Waals surface area contributed by atoms with E-state index in [1.54, 1.807) is 0 Å². The van der Waals surface area contributed by atoms with Crippen LogP contribution in [0, 0.1) is 0 Å². The van der Waals surface area contributed by atoms with Gasteiger partial charge in [0.05, 0.1) is 15.8 Å². The fourth-order valence-corrected chi connectivity index (χ4v) is 1.95. The lowest BCUT2D eigenvalue weighted by Gasteiger charge is -2.23. The van der Waals surface area contributed by atoms with Crippen molar-refractivity contribution in [3.8, 4) is 0 Å². The maximum atomic E-state index is 12.8. The topological polar surface area (TPSA) is 18.5 Å². The molecule has 0 aliphatic carbocycles. The lowest BCUT2D eigenvalue weighted by molar-refractivity contribution is -0.0304. The highest BCUT2D eigenvalue weighted by molar-refractivity contribution is 14.2. The summed E-state index contributed by atoms with van der Waals surface area (Å²) in [5.41, 5.74) is 0. The molecule has 2 unspecified atom stereocenters. The van der Waals surface area contributed by atoms with Crippen molar-refractivity contribution in [2.24, 2.45) is 0 Å². The van der Waals surface area contributed by atoms with Gasteiger partial charge in [-0.05, 0) is 0 Å². The van der Waals surface area contributed by atoms with Gasteiger partial charge in [-0.3, -0.25) is 4.18 Å². The standard InChI is InChI=1S/C5H8FIO2S/c6-4-3-8-2-1-5(4)9-10-7/h4-5H,1-3H2. The number of rotatable bonds is 2. The van der Waals surface area contributed by atoms with Crippen LogP contribution in [0.1, 0.15) is 6.42 Å². The predicted octanol–water partition coefficient (Wildman–Crippen LogP) is 2.13. The monoisotopic (exact) mass is 278 g/mol. The molecule has 0 amide bonds. The smallest absolute Gasteiger partial charge is 0.151 e. The van der Waals surface area contributed by atoms with Crippen LogP contribution in [-0.2, 0) is 8.92 Å². The fraction of sp³-hybridized carbons (Fsp3) is 1.00. The molecule has 0 bridgehead atoms. The van der Waals surface area contributed by atoms with E-state index in [2.05, 4.69) is 0 Å². The molecule has 2 nitrogen and oxygen atoms in total. The SMILES string of the molecule is FC1COCCC1OSI. The van der Waals surface area contributed by atoms with Gasteiger partial charge < -0.3 is 4.74 Å². The Morgan fingerprint density at radius 1 is 1.70 bits per heavy atom. The van der Waals surface area contributed by atoms with Crippen LogP contribution in [0.25, 0.3) is 0 Å². The molecule has 0 N–H and O–H groups in total. The van der Waals surface area contributed by atoms with E-state index in [0.717, 1.165) is 0 Å². The zero-order chi connectivity index (χ0) is 7.40. The molecule has 0 aromatic carbocycles. The third kappa shape index (κ3) is 2.52. The van der Waals surface area contributed by atoms with Crippen LogP contribution in [0.15, 0.2) is 0 Å². The molecule has 1 aliphatic rings. The van der Waals surface area contributed by atoms with Crippen LogP contribution < -0.4 is 0 Å². The number of ether oxygens (including phenoxy) is 1. The van der Waals surface area contributed by atoms with Crippen molar-refractivity contribution in [3.63, 3.8) is 0 Å². The second-order valence-electron chi connectivity index (χ2n) is 2.08. The Bertz CT molecular complexity index is 104. The van der Waals surface area contributed by atoms with E-state index in [1.807, 2.05) is 21.2 Å². The molecule has 1 heterocycles. The van der Waals surface area contributed by atoms with Gasteiger partial charge in [0.1, 0.15) is 6.10 Å². The highest BCUT2D eigenvalue weighted by Gasteiger charge is 2.26. The normalized spacial score (nSPS) is 34.2. The van der Waals surface area contributed by atoms with Crippen LogP contribution in [0.5, 0.6) is 0 Å². The van der Waals surface area contributed by atoms with Crippen molar-refractivity contribution >= 4 is 30.4 Å². The van der Waals surface area contributed by atoms with Crippen molar-refractivity contribution in [2.75, 3.05) is 13.2 Å². The molecule has 5 heteroatoms. The Labute approximate surface area is 75.6 Å². The van der Waals surface area contributed by atoms with Crippen molar-refractivity contribution in [1.82, 2.24) is 0 Å². The second kappa shape index (κ2) is 4.74. The Balaban J connectivity index is 2.25. The summed E-state index contributed by atoms with van der Waals surface area (Å²) in [6, 6.07) is 0. The van der Waals surface area contributed by atoms with E-state index in [0.29, 0.717) is 13.0 Å². The average molecular weight is 278 g/mol. The van der Waals surface area contributed by atoms with Crippen molar-refractivity contribution in [2.45, 2.75) is 18.7 Å².